The zero-order valence-electron chi connectivity index (χ0n) is 32.4. The van der Waals surface area contributed by atoms with Crippen LogP contribution in [0.25, 0.3) is 0 Å². The molecule has 16 heteroatoms. The smallest absolute Gasteiger partial charge is 0.408 e. The maximum Gasteiger partial charge on any atom is 0.408 e. The third-order valence-electron chi connectivity index (χ3n) is 7.79. The average Bonchev–Trinajstić information content (AvgIpc) is 3.09. The van der Waals surface area contributed by atoms with E-state index < -0.39 is 35.5 Å². The van der Waals surface area contributed by atoms with Crippen LogP contribution in [-0.4, -0.2) is 109 Å². The third-order valence-corrected chi connectivity index (χ3v) is 9.08. The lowest BCUT2D eigenvalue weighted by Crippen LogP contribution is -2.49. The molecule has 1 aliphatic carbocycles. The SMILES string of the molecule is CSCC[C@@H](NC(=O)OC(C)(C)C)C(=O)NCCNc1ccc(NCCNC(=O)[C@@H](CCSC)NC(=O)OC(C)(C)C)c2c1C(=O)c1ccccc1C2=O. The van der Waals surface area contributed by atoms with Crippen molar-refractivity contribution in [3.63, 3.8) is 0 Å². The van der Waals surface area contributed by atoms with Gasteiger partial charge in [-0.3, -0.25) is 19.2 Å². The van der Waals surface area contributed by atoms with Crippen molar-refractivity contribution in [2.75, 3.05) is 60.8 Å². The van der Waals surface area contributed by atoms with E-state index in [0.717, 1.165) is 0 Å². The minimum atomic E-state index is -0.798. The summed E-state index contributed by atoms with van der Waals surface area (Å²) in [6, 6.07) is 8.41. The van der Waals surface area contributed by atoms with Crippen molar-refractivity contribution in [1.29, 1.82) is 0 Å². The molecule has 6 N–H and O–H groups in total. The quantitative estimate of drug-likeness (QED) is 0.0966. The van der Waals surface area contributed by atoms with E-state index in [4.69, 9.17) is 9.47 Å². The molecule has 4 amide bonds. The monoisotopic (exact) mass is 786 g/mol. The number of carbonyl (C=O) groups is 6. The van der Waals surface area contributed by atoms with Crippen LogP contribution in [0.3, 0.4) is 0 Å². The molecule has 1 aliphatic rings. The molecule has 0 aliphatic heterocycles. The number of fused-ring (bicyclic) bond motifs is 2. The minimum absolute atomic E-state index is 0.165. The number of carbonyl (C=O) groups excluding carboxylic acids is 6. The molecule has 2 atom stereocenters. The first kappa shape index (κ1) is 44.0. The van der Waals surface area contributed by atoms with Gasteiger partial charge in [-0.15, -0.1) is 0 Å². The normalized spacial score (nSPS) is 13.4. The van der Waals surface area contributed by atoms with Gasteiger partial charge in [0.1, 0.15) is 23.3 Å². The lowest BCUT2D eigenvalue weighted by atomic mass is 9.82. The van der Waals surface area contributed by atoms with E-state index in [-0.39, 0.29) is 71.8 Å². The molecule has 2 aromatic carbocycles. The first-order chi connectivity index (χ1) is 25.5. The number of amides is 4. The van der Waals surface area contributed by atoms with Crippen LogP contribution in [0.15, 0.2) is 36.4 Å². The summed E-state index contributed by atoms with van der Waals surface area (Å²) >= 11 is 3.10. The van der Waals surface area contributed by atoms with Crippen molar-refractivity contribution in [1.82, 2.24) is 21.3 Å². The highest BCUT2D eigenvalue weighted by Crippen LogP contribution is 2.36. The molecule has 0 fully saturated rings. The summed E-state index contributed by atoms with van der Waals surface area (Å²) in [5.74, 6) is -0.109. The summed E-state index contributed by atoms with van der Waals surface area (Å²) in [4.78, 5) is 78.6. The van der Waals surface area contributed by atoms with Crippen LogP contribution < -0.4 is 31.9 Å². The number of hydrogen-bond donors (Lipinski definition) is 6. The van der Waals surface area contributed by atoms with Crippen molar-refractivity contribution >= 4 is 70.5 Å². The minimum Gasteiger partial charge on any atom is -0.444 e. The number of ketones is 2. The lowest BCUT2D eigenvalue weighted by Gasteiger charge is -2.25. The van der Waals surface area contributed by atoms with Gasteiger partial charge in [0.25, 0.3) is 0 Å². The standard InChI is InChI=1S/C38H54N6O8S2/c1-37(2,3)51-35(49)43-27(15-21-53-7)33(47)41-19-17-39-25-13-14-26(30-29(25)31(45)23-11-9-10-12-24(23)32(30)46)40-18-20-42-34(48)28(16-22-54-8)44-36(50)52-38(4,5)6/h9-14,27-28,39-40H,15-22H2,1-8H3,(H,41,47)(H,42,48)(H,43,49)(H,44,50)/t27-,28-/m1/s1. The maximum absolute atomic E-state index is 13.9. The second-order valence-electron chi connectivity index (χ2n) is 14.5. The topological polar surface area (TPSA) is 193 Å². The summed E-state index contributed by atoms with van der Waals surface area (Å²) in [6.45, 7) is 11.2. The largest absolute Gasteiger partial charge is 0.444 e. The Hall–Kier alpha value is -4.44. The first-order valence-electron chi connectivity index (χ1n) is 17.8. The molecule has 0 bridgehead atoms. The van der Waals surface area contributed by atoms with Crippen LogP contribution in [0.5, 0.6) is 0 Å². The summed E-state index contributed by atoms with van der Waals surface area (Å²) in [7, 11) is 0. The number of rotatable bonds is 18. The highest BCUT2D eigenvalue weighted by Gasteiger charge is 2.34. The summed E-state index contributed by atoms with van der Waals surface area (Å²) in [5.41, 5.74) is 0.372. The van der Waals surface area contributed by atoms with Crippen molar-refractivity contribution in [3.8, 4) is 0 Å². The van der Waals surface area contributed by atoms with Crippen molar-refractivity contribution in [2.24, 2.45) is 0 Å². The first-order valence-corrected chi connectivity index (χ1v) is 20.6. The van der Waals surface area contributed by atoms with E-state index in [0.29, 0.717) is 35.7 Å². The fraction of sp³-hybridized carbons (Fsp3) is 0.526. The van der Waals surface area contributed by atoms with Crippen LogP contribution in [0.1, 0.15) is 86.2 Å². The molecule has 0 heterocycles. The van der Waals surface area contributed by atoms with E-state index >= 15 is 0 Å². The van der Waals surface area contributed by atoms with E-state index in [1.54, 1.807) is 101 Å². The molecule has 0 saturated carbocycles. The average molecular weight is 787 g/mol. The molecule has 14 nitrogen and oxygen atoms in total. The Morgan fingerprint density at radius 1 is 0.611 bits per heavy atom. The van der Waals surface area contributed by atoms with E-state index in [9.17, 15) is 28.8 Å². The predicted molar refractivity (Wildman–Crippen MR) is 215 cm³/mol. The van der Waals surface area contributed by atoms with Gasteiger partial charge in [-0.2, -0.15) is 23.5 Å². The van der Waals surface area contributed by atoms with Gasteiger partial charge in [0, 0.05) is 48.7 Å². The Balaban J connectivity index is 1.71. The highest BCUT2D eigenvalue weighted by molar-refractivity contribution is 7.98. The van der Waals surface area contributed by atoms with Crippen molar-refractivity contribution in [2.45, 2.75) is 77.7 Å². The third kappa shape index (κ3) is 13.4. The molecular weight excluding hydrogens is 733 g/mol. The molecule has 0 saturated heterocycles. The van der Waals surface area contributed by atoms with Crippen LogP contribution in [0.4, 0.5) is 21.0 Å². The molecule has 0 aromatic heterocycles. The molecule has 2 aromatic rings. The van der Waals surface area contributed by atoms with E-state index in [1.165, 1.54) is 0 Å². The van der Waals surface area contributed by atoms with Gasteiger partial charge < -0.3 is 41.4 Å². The fourth-order valence-electron chi connectivity index (χ4n) is 5.44. The van der Waals surface area contributed by atoms with E-state index in [1.807, 2.05) is 12.5 Å². The number of thioether (sulfide) groups is 2. The number of benzene rings is 2. The Bertz CT molecular complexity index is 1550. The second-order valence-corrected chi connectivity index (χ2v) is 16.5. The fourth-order valence-corrected chi connectivity index (χ4v) is 6.38. The number of ether oxygens (including phenoxy) is 2. The summed E-state index contributed by atoms with van der Waals surface area (Å²) < 4.78 is 10.7. The maximum atomic E-state index is 13.9. The number of nitrogens with one attached hydrogen (secondary N) is 6. The highest BCUT2D eigenvalue weighted by atomic mass is 32.2. The van der Waals surface area contributed by atoms with Gasteiger partial charge >= 0.3 is 12.2 Å². The zero-order valence-corrected chi connectivity index (χ0v) is 34.0. The number of alkyl carbamates (subject to hydrolysis) is 2. The van der Waals surface area contributed by atoms with Gasteiger partial charge in [0.2, 0.25) is 11.8 Å². The van der Waals surface area contributed by atoms with E-state index in [2.05, 4.69) is 31.9 Å². The number of hydrogen-bond acceptors (Lipinski definition) is 12. The van der Waals surface area contributed by atoms with Gasteiger partial charge in [-0.05, 0) is 90.5 Å². The molecule has 3 rings (SSSR count). The van der Waals surface area contributed by atoms with Crippen molar-refractivity contribution in [3.05, 3.63) is 58.7 Å². The number of anilines is 2. The van der Waals surface area contributed by atoms with Crippen LogP contribution in [0.2, 0.25) is 0 Å². The second kappa shape index (κ2) is 20.3. The Labute approximate surface area is 326 Å². The van der Waals surface area contributed by atoms with Crippen molar-refractivity contribution < 1.29 is 38.2 Å². The zero-order chi connectivity index (χ0) is 40.1. The lowest BCUT2D eigenvalue weighted by molar-refractivity contribution is -0.123. The molecule has 0 radical (unpaired) electrons. The van der Waals surface area contributed by atoms with Gasteiger partial charge in [0.05, 0.1) is 11.1 Å². The predicted octanol–water partition coefficient (Wildman–Crippen LogP) is 4.81. The molecule has 0 unspecified atom stereocenters. The molecular formula is C38H54N6O8S2. The van der Waals surface area contributed by atoms with Gasteiger partial charge in [-0.1, -0.05) is 24.3 Å². The molecule has 0 spiro atoms. The Morgan fingerprint density at radius 3 is 1.31 bits per heavy atom. The summed E-state index contributed by atoms with van der Waals surface area (Å²) in [6.07, 6.45) is 3.27. The Morgan fingerprint density at radius 2 is 0.981 bits per heavy atom. The summed E-state index contributed by atoms with van der Waals surface area (Å²) in [5, 5.41) is 17.3. The van der Waals surface area contributed by atoms with Crippen LogP contribution >= 0.6 is 23.5 Å². The molecule has 296 valence electrons. The van der Waals surface area contributed by atoms with Crippen LogP contribution in [-0.2, 0) is 19.1 Å². The van der Waals surface area contributed by atoms with Crippen LogP contribution in [0, 0.1) is 0 Å². The van der Waals surface area contributed by atoms with Gasteiger partial charge in [0.15, 0.2) is 11.6 Å². The molecule has 54 heavy (non-hydrogen) atoms. The Kier molecular flexibility index (Phi) is 16.5. The van der Waals surface area contributed by atoms with Gasteiger partial charge in [-0.25, -0.2) is 9.59 Å².